The summed E-state index contributed by atoms with van der Waals surface area (Å²) in [7, 11) is -1.03. The number of benzene rings is 3. The van der Waals surface area contributed by atoms with Crippen LogP contribution in [0.4, 0.5) is 10.3 Å². The third kappa shape index (κ3) is 22.4. The number of allylic oxidation sites excluding steroid dienone is 1. The summed E-state index contributed by atoms with van der Waals surface area (Å²) in [5.74, 6) is -6.11. The largest absolute Gasteiger partial charge is 0.481 e. The summed E-state index contributed by atoms with van der Waals surface area (Å²) in [6.45, 7) is 8.99. The number of amides is 1. The van der Waals surface area contributed by atoms with Crippen molar-refractivity contribution in [2.75, 3.05) is 64.2 Å². The van der Waals surface area contributed by atoms with Crippen LogP contribution in [0, 0.1) is 5.82 Å². The van der Waals surface area contributed by atoms with Gasteiger partial charge in [0.15, 0.2) is 0 Å². The molecule has 0 bridgehead atoms. The number of dihydropyridines is 1. The maximum atomic E-state index is 13.5. The topological polar surface area (TPSA) is 374 Å². The van der Waals surface area contributed by atoms with Gasteiger partial charge in [0.05, 0.1) is 92.0 Å². The number of esters is 2. The van der Waals surface area contributed by atoms with Gasteiger partial charge in [-0.25, -0.2) is 41.5 Å². The lowest BCUT2D eigenvalue weighted by Gasteiger charge is -2.31. The molecule has 3 aromatic carbocycles. The number of nitrogens with two attached hydrogens (primary N) is 2. The van der Waals surface area contributed by atoms with Crippen molar-refractivity contribution in [2.45, 2.75) is 128 Å². The van der Waals surface area contributed by atoms with E-state index in [9.17, 15) is 62.0 Å². The average molecular weight is 1300 g/mol. The molecule has 492 valence electrons. The number of carbonyl (C=O) groups is 6. The lowest BCUT2D eigenvalue weighted by atomic mass is 9.80. The first kappa shape index (κ1) is 74.8. The first-order chi connectivity index (χ1) is 42.7. The van der Waals surface area contributed by atoms with E-state index in [2.05, 4.69) is 20.6 Å². The Morgan fingerprint density at radius 3 is 2.16 bits per heavy atom. The number of aliphatic carboxylic acids is 3. The molecule has 24 nitrogen and oxygen atoms in total. The summed E-state index contributed by atoms with van der Waals surface area (Å²) < 4.78 is 54.4. The molecular formula is C63H84ClFN8O16S. The Morgan fingerprint density at radius 1 is 0.911 bits per heavy atom. The number of unbranched alkanes of at least 4 members (excludes halogenated alkanes) is 1. The predicted molar refractivity (Wildman–Crippen MR) is 337 cm³/mol. The number of likely N-dealkylation sites (tertiary alicyclic amines) is 1. The van der Waals surface area contributed by atoms with Crippen molar-refractivity contribution < 1.29 is 81.3 Å². The molecule has 1 aromatic heterocycles. The van der Waals surface area contributed by atoms with E-state index in [1.165, 1.54) is 55.5 Å². The van der Waals surface area contributed by atoms with Crippen LogP contribution in [0.3, 0.4) is 0 Å². The molecule has 0 saturated carbocycles. The SMILES string of the molecule is CC(C)c1nc(N(C)S(C)(=O)=O)nc(-c2ccc(F)cc2)c1/C=C/[C@@H](O)C[C@@H](O)CC(=O)O.CCOC(=O)C1=C(COCCN)NC(C)=C(C(=O)OC)C1c1ccccc1Cl.NCCCC[C@H](N[C@@H](CCc1ccccc1)C(=O)O)C(=O)N1CCC[C@H]1C(=O)O. The lowest BCUT2D eigenvalue weighted by molar-refractivity contribution is -0.149. The predicted octanol–water partition coefficient (Wildman–Crippen LogP) is 5.90. The Hall–Kier alpha value is -7.69. The number of hydrogen-bond acceptors (Lipinski definition) is 19. The quantitative estimate of drug-likeness (QED) is 0.0216. The van der Waals surface area contributed by atoms with E-state index in [0.717, 1.165) is 22.5 Å². The standard InChI is InChI=1S/C22H28FN3O6S.C21H31N3O5.C20H25ClN2O5/c1-13(2)20-18(10-9-16(27)11-17(28)12-19(29)30)21(14-5-7-15(23)8-6-14)25-22(24-20)26(3)33(4,31)32;22-13-5-4-9-16(19(25)24-14-6-10-18(24)21(28)29)23-17(20(26)27)12-11-15-7-2-1-3-8-15;1-4-28-20(25)18-15(11-27-10-9-22)23-12(2)16(19(24)26-3)17(18)13-7-5-6-8-14(13)21/h5-10,13,16-17,27-28H,11-12H2,1-4H3,(H,29,30);1-3,7-8,16-18,23H,4-6,9-14,22H2,(H,26,27)(H,28,29);5-8,17,23H,4,9-11,22H2,1-3H3/b10-9+;;/t16-,17-;16-,17-,18-;/m10./s1. The summed E-state index contributed by atoms with van der Waals surface area (Å²) in [6.07, 6.45) is 4.62. The van der Waals surface area contributed by atoms with Crippen LogP contribution in [0.5, 0.6) is 0 Å². The number of aryl methyl sites for hydroxylation is 1. The number of carbonyl (C=O) groups excluding carboxylic acids is 3. The van der Waals surface area contributed by atoms with Crippen LogP contribution in [0.2, 0.25) is 5.02 Å². The van der Waals surface area contributed by atoms with Crippen molar-refractivity contribution in [1.29, 1.82) is 0 Å². The maximum Gasteiger partial charge on any atom is 0.336 e. The van der Waals surface area contributed by atoms with Gasteiger partial charge in [-0.15, -0.1) is 0 Å². The fourth-order valence-corrected chi connectivity index (χ4v) is 10.5. The minimum Gasteiger partial charge on any atom is -0.481 e. The number of carboxylic acids is 3. The number of ether oxygens (including phenoxy) is 3. The second-order valence-electron chi connectivity index (χ2n) is 21.5. The molecule has 1 amide bonds. The van der Waals surface area contributed by atoms with Crippen molar-refractivity contribution >= 4 is 69.4 Å². The normalized spacial score (nSPS) is 16.2. The Kier molecular flexibility index (Phi) is 30.6. The zero-order valence-corrected chi connectivity index (χ0v) is 53.2. The van der Waals surface area contributed by atoms with Gasteiger partial charge in [0.1, 0.15) is 17.9 Å². The highest BCUT2D eigenvalue weighted by Gasteiger charge is 2.41. The van der Waals surface area contributed by atoms with E-state index in [-0.39, 0.29) is 43.0 Å². The number of rotatable bonds is 30. The number of anilines is 1. The third-order valence-corrected chi connectivity index (χ3v) is 15.9. The molecular weight excluding hydrogens is 1210 g/mol. The van der Waals surface area contributed by atoms with Gasteiger partial charge in [-0.3, -0.25) is 19.7 Å². The van der Waals surface area contributed by atoms with Gasteiger partial charge in [-0.2, -0.15) is 0 Å². The zero-order valence-electron chi connectivity index (χ0n) is 51.6. The Morgan fingerprint density at radius 2 is 1.58 bits per heavy atom. The van der Waals surface area contributed by atoms with Crippen LogP contribution in [-0.4, -0.2) is 175 Å². The van der Waals surface area contributed by atoms with Crippen molar-refractivity contribution in [2.24, 2.45) is 11.5 Å². The fraction of sp³-hybridized carbons (Fsp3) is 0.460. The highest BCUT2D eigenvalue weighted by atomic mass is 35.5. The average Bonchev–Trinajstić information content (AvgIpc) is 1.03. The van der Waals surface area contributed by atoms with Crippen molar-refractivity contribution in [3.05, 3.63) is 141 Å². The highest BCUT2D eigenvalue weighted by Crippen LogP contribution is 2.42. The summed E-state index contributed by atoms with van der Waals surface area (Å²) >= 11 is 6.42. The second-order valence-corrected chi connectivity index (χ2v) is 23.9. The van der Waals surface area contributed by atoms with Crippen LogP contribution >= 0.6 is 11.6 Å². The van der Waals surface area contributed by atoms with E-state index >= 15 is 0 Å². The van der Waals surface area contributed by atoms with E-state index in [1.54, 1.807) is 38.1 Å². The van der Waals surface area contributed by atoms with Crippen LogP contribution in [0.25, 0.3) is 17.3 Å². The minimum atomic E-state index is -3.65. The zero-order chi connectivity index (χ0) is 66.8. The molecule has 0 radical (unpaired) electrons. The van der Waals surface area contributed by atoms with Gasteiger partial charge >= 0.3 is 29.8 Å². The summed E-state index contributed by atoms with van der Waals surface area (Å²) in [5, 5.41) is 54.3. The molecule has 0 spiro atoms. The molecule has 1 fully saturated rings. The van der Waals surface area contributed by atoms with E-state index < -0.39 is 88.4 Å². The number of methoxy groups -OCH3 is 1. The van der Waals surface area contributed by atoms with Gasteiger partial charge in [-0.1, -0.05) is 92.6 Å². The molecule has 0 aliphatic carbocycles. The number of sulfonamides is 1. The van der Waals surface area contributed by atoms with E-state index in [1.807, 2.05) is 44.2 Å². The Labute approximate surface area is 529 Å². The van der Waals surface area contributed by atoms with E-state index in [4.69, 9.17) is 42.4 Å². The number of carboxylic acid groups (broad SMARTS) is 3. The van der Waals surface area contributed by atoms with Gasteiger partial charge < -0.3 is 61.4 Å². The lowest BCUT2D eigenvalue weighted by Crippen LogP contribution is -2.54. The monoisotopic (exact) mass is 1290 g/mol. The van der Waals surface area contributed by atoms with Gasteiger partial charge in [-0.05, 0) is 106 Å². The second kappa shape index (κ2) is 36.8. The first-order valence-electron chi connectivity index (χ1n) is 29.3. The Bertz CT molecular complexity index is 3280. The van der Waals surface area contributed by atoms with Crippen LogP contribution in [-0.2, 0) is 59.4 Å². The van der Waals surface area contributed by atoms with Gasteiger partial charge in [0.25, 0.3) is 0 Å². The molecule has 2 aliphatic heterocycles. The van der Waals surface area contributed by atoms with Crippen LogP contribution in [0.15, 0.2) is 107 Å². The number of aliphatic hydroxyl groups excluding tert-OH is 2. The summed E-state index contributed by atoms with van der Waals surface area (Å²) in [4.78, 5) is 82.7. The molecule has 1 saturated heterocycles. The first-order valence-corrected chi connectivity index (χ1v) is 31.5. The molecule has 2 aliphatic rings. The molecule has 4 aromatic rings. The number of halogens is 2. The van der Waals surface area contributed by atoms with Crippen molar-refractivity contribution in [3.8, 4) is 11.3 Å². The van der Waals surface area contributed by atoms with Gasteiger partial charge in [0.2, 0.25) is 21.9 Å². The third-order valence-electron chi connectivity index (χ3n) is 14.4. The molecule has 27 heteroatoms. The Balaban J connectivity index is 0.000000289. The number of aliphatic hydroxyl groups is 2. The molecule has 11 N–H and O–H groups in total. The number of nitrogens with one attached hydrogen (secondary N) is 2. The molecule has 3 heterocycles. The summed E-state index contributed by atoms with van der Waals surface area (Å²) in [5.41, 5.74) is 16.1. The fourth-order valence-electron chi connectivity index (χ4n) is 9.90. The maximum absolute atomic E-state index is 13.5. The van der Waals surface area contributed by atoms with Crippen molar-refractivity contribution in [1.82, 2.24) is 25.5 Å². The minimum absolute atomic E-state index is 0.0601. The summed E-state index contributed by atoms with van der Waals surface area (Å²) in [6, 6.07) is 19.6. The number of nitrogens with zero attached hydrogens (tertiary/aromatic N) is 4. The molecule has 6 rings (SSSR count). The van der Waals surface area contributed by atoms with Crippen LogP contribution in [0.1, 0.15) is 113 Å². The molecule has 6 atom stereocenters. The molecule has 90 heavy (non-hydrogen) atoms. The smallest absolute Gasteiger partial charge is 0.336 e. The molecule has 1 unspecified atom stereocenters. The number of aromatic nitrogens is 2. The van der Waals surface area contributed by atoms with E-state index in [0.29, 0.717) is 115 Å². The highest BCUT2D eigenvalue weighted by molar-refractivity contribution is 7.92. The number of hydrogen-bond donors (Lipinski definition) is 9. The van der Waals surface area contributed by atoms with Crippen molar-refractivity contribution in [3.63, 3.8) is 0 Å². The van der Waals surface area contributed by atoms with Gasteiger partial charge in [0, 0.05) is 48.4 Å². The van der Waals surface area contributed by atoms with Crippen LogP contribution < -0.4 is 26.4 Å².